The lowest BCUT2D eigenvalue weighted by atomic mass is 10.1. The molecule has 0 N–H and O–H groups in total. The number of hydrogen-bond donors (Lipinski definition) is 0. The van der Waals surface area contributed by atoms with Crippen molar-refractivity contribution >= 4 is 11.9 Å². The Hall–Kier alpha value is -0.360. The summed E-state index contributed by atoms with van der Waals surface area (Å²) in [5, 5.41) is -5.63. The summed E-state index contributed by atoms with van der Waals surface area (Å²) in [4.78, 5) is 1.50. The maximum Gasteiger partial charge on any atom is 0.460 e. The molecule has 0 aliphatic rings. The van der Waals surface area contributed by atoms with Gasteiger partial charge in [-0.25, -0.2) is 4.31 Å². The monoisotopic (exact) mass is 366 g/mol. The van der Waals surface area contributed by atoms with Gasteiger partial charge in [-0.3, -0.25) is 0 Å². The van der Waals surface area contributed by atoms with Crippen molar-refractivity contribution in [1.82, 2.24) is 9.21 Å². The third kappa shape index (κ3) is 4.57. The molecule has 12 heteroatoms. The van der Waals surface area contributed by atoms with E-state index in [9.17, 15) is 39.5 Å². The van der Waals surface area contributed by atoms with E-state index in [0.717, 1.165) is 0 Å². The van der Waals surface area contributed by atoms with Crippen LogP contribution >= 0.6 is 11.9 Å². The fourth-order valence-electron chi connectivity index (χ4n) is 1.16. The molecule has 0 aromatic carbocycles. The molecule has 0 saturated heterocycles. The Kier molecular flexibility index (Phi) is 6.92. The molecule has 0 fully saturated rings. The van der Waals surface area contributed by atoms with Crippen molar-refractivity contribution < 1.29 is 39.5 Å². The largest absolute Gasteiger partial charge is 0.460 e. The van der Waals surface area contributed by atoms with Crippen LogP contribution < -0.4 is 0 Å². The van der Waals surface area contributed by atoms with Crippen LogP contribution in [0.1, 0.15) is 6.92 Å². The number of rotatable bonds is 8. The van der Waals surface area contributed by atoms with Gasteiger partial charge in [0.1, 0.15) is 0 Å². The first-order valence-electron chi connectivity index (χ1n) is 5.89. The minimum absolute atomic E-state index is 0.123. The van der Waals surface area contributed by atoms with Crippen LogP contribution in [0.5, 0.6) is 0 Å². The highest BCUT2D eigenvalue weighted by Crippen LogP contribution is 2.56. The molecule has 0 aliphatic carbocycles. The van der Waals surface area contributed by atoms with Crippen molar-refractivity contribution in [2.45, 2.75) is 30.2 Å². The summed E-state index contributed by atoms with van der Waals surface area (Å²) in [6.07, 6.45) is -6.79. The lowest BCUT2D eigenvalue weighted by Gasteiger charge is -2.35. The zero-order valence-electron chi connectivity index (χ0n) is 11.8. The van der Waals surface area contributed by atoms with Gasteiger partial charge in [0.2, 0.25) is 0 Å². The molecule has 0 saturated carbocycles. The van der Waals surface area contributed by atoms with E-state index in [1.807, 2.05) is 0 Å². The Morgan fingerprint density at radius 1 is 0.773 bits per heavy atom. The number of hydrogen-bond acceptors (Lipinski definition) is 3. The topological polar surface area (TPSA) is 6.48 Å². The van der Waals surface area contributed by atoms with Crippen LogP contribution in [0.25, 0.3) is 0 Å². The molecule has 0 bridgehead atoms. The smallest absolute Gasteiger partial charge is 0.308 e. The molecular weight excluding hydrogens is 351 g/mol. The van der Waals surface area contributed by atoms with Gasteiger partial charge in [-0.05, 0) is 14.1 Å². The molecule has 0 unspecified atom stereocenters. The minimum Gasteiger partial charge on any atom is -0.308 e. The molecule has 2 nitrogen and oxygen atoms in total. The van der Waals surface area contributed by atoms with Crippen molar-refractivity contribution in [3.8, 4) is 0 Å². The fourth-order valence-corrected chi connectivity index (χ4v) is 2.03. The summed E-state index contributed by atoms with van der Waals surface area (Å²) in [6.45, 7) is 0.927. The van der Waals surface area contributed by atoms with Gasteiger partial charge in [-0.2, -0.15) is 39.5 Å². The molecule has 0 radical (unpaired) electrons. The SMILES string of the molecule is CCN(CCN(C)C)SC(F)(F)C(F)(F)C(F)(F)C(F)(F)F. The Balaban J connectivity index is 5.26. The first kappa shape index (κ1) is 21.6. The lowest BCUT2D eigenvalue weighted by molar-refractivity contribution is -0.381. The summed E-state index contributed by atoms with van der Waals surface area (Å²) in [5.41, 5.74) is 0. The minimum atomic E-state index is -6.85. The average molecular weight is 366 g/mol. The summed E-state index contributed by atoms with van der Waals surface area (Å²) < 4.78 is 115. The van der Waals surface area contributed by atoms with E-state index in [2.05, 4.69) is 0 Å². The van der Waals surface area contributed by atoms with Crippen LogP contribution in [-0.4, -0.2) is 66.2 Å². The first-order chi connectivity index (χ1) is 9.60. The molecule has 0 amide bonds. The van der Waals surface area contributed by atoms with Crippen LogP contribution in [0.3, 0.4) is 0 Å². The first-order valence-corrected chi connectivity index (χ1v) is 6.66. The normalized spacial score (nSPS) is 15.0. The molecule has 0 aliphatic heterocycles. The van der Waals surface area contributed by atoms with Gasteiger partial charge in [0, 0.05) is 31.6 Å². The highest BCUT2D eigenvalue weighted by molar-refractivity contribution is 7.98. The Morgan fingerprint density at radius 2 is 1.23 bits per heavy atom. The third-order valence-electron chi connectivity index (χ3n) is 2.51. The number of halogens is 9. The van der Waals surface area contributed by atoms with Crippen molar-refractivity contribution in [2.24, 2.45) is 0 Å². The quantitative estimate of drug-likeness (QED) is 0.475. The predicted molar refractivity (Wildman–Crippen MR) is 64.3 cm³/mol. The molecule has 134 valence electrons. The molecule has 0 atom stereocenters. The van der Waals surface area contributed by atoms with E-state index in [-0.39, 0.29) is 19.6 Å². The summed E-state index contributed by atoms with van der Waals surface area (Å²) in [6, 6.07) is 0. The molecule has 0 rings (SSSR count). The van der Waals surface area contributed by atoms with Crippen molar-refractivity contribution in [3.63, 3.8) is 0 Å². The van der Waals surface area contributed by atoms with Crippen LogP contribution in [0.15, 0.2) is 0 Å². The van der Waals surface area contributed by atoms with Gasteiger partial charge < -0.3 is 4.90 Å². The lowest BCUT2D eigenvalue weighted by Crippen LogP contribution is -2.60. The van der Waals surface area contributed by atoms with E-state index in [0.29, 0.717) is 4.31 Å². The van der Waals surface area contributed by atoms with Crippen molar-refractivity contribution in [2.75, 3.05) is 33.7 Å². The van der Waals surface area contributed by atoms with Gasteiger partial charge in [0.15, 0.2) is 0 Å². The summed E-state index contributed by atoms with van der Waals surface area (Å²) in [5.74, 6) is -13.4. The van der Waals surface area contributed by atoms with Crippen molar-refractivity contribution in [1.29, 1.82) is 0 Å². The maximum atomic E-state index is 13.4. The molecule has 22 heavy (non-hydrogen) atoms. The van der Waals surface area contributed by atoms with Crippen molar-refractivity contribution in [3.05, 3.63) is 0 Å². The highest BCUT2D eigenvalue weighted by Gasteiger charge is 2.82. The van der Waals surface area contributed by atoms with E-state index in [1.54, 1.807) is 14.1 Å². The van der Waals surface area contributed by atoms with Crippen LogP contribution in [0.4, 0.5) is 39.5 Å². The zero-order valence-corrected chi connectivity index (χ0v) is 12.6. The van der Waals surface area contributed by atoms with E-state index >= 15 is 0 Å². The van der Waals surface area contributed by atoms with E-state index in [1.165, 1.54) is 11.8 Å². The standard InChI is InChI=1S/C10H15F9N2S/c1-4-21(6-5-20(2)3)22-10(18,19)8(13,14)7(11,12)9(15,16)17/h4-6H2,1-3H3. The second-order valence-corrected chi connectivity index (χ2v) is 5.79. The number of alkyl halides is 9. The van der Waals surface area contributed by atoms with Gasteiger partial charge in [0.05, 0.1) is 0 Å². The zero-order chi connectivity index (χ0) is 18.0. The van der Waals surface area contributed by atoms with Gasteiger partial charge >= 0.3 is 23.3 Å². The fraction of sp³-hybridized carbons (Fsp3) is 1.00. The second-order valence-electron chi connectivity index (χ2n) is 4.58. The number of nitrogens with zero attached hydrogens (tertiary/aromatic N) is 2. The Bertz CT molecular complexity index is 357. The molecule has 0 aromatic heterocycles. The summed E-state index contributed by atoms with van der Waals surface area (Å²) >= 11 is -1.02. The molecular formula is C10H15F9N2S. The van der Waals surface area contributed by atoms with Crippen LogP contribution in [0.2, 0.25) is 0 Å². The molecule has 0 spiro atoms. The second kappa shape index (κ2) is 7.04. The number of likely N-dealkylation sites (N-methyl/N-ethyl adjacent to an activating group) is 2. The summed E-state index contributed by atoms with van der Waals surface area (Å²) in [7, 11) is 3.09. The Morgan fingerprint density at radius 3 is 1.55 bits per heavy atom. The third-order valence-corrected chi connectivity index (χ3v) is 3.69. The average Bonchev–Trinajstić information content (AvgIpc) is 2.32. The molecule has 0 heterocycles. The van der Waals surface area contributed by atoms with E-state index < -0.39 is 35.2 Å². The van der Waals surface area contributed by atoms with E-state index in [4.69, 9.17) is 0 Å². The Labute approximate surface area is 125 Å². The van der Waals surface area contributed by atoms with Gasteiger partial charge in [0.25, 0.3) is 0 Å². The molecule has 0 aromatic rings. The van der Waals surface area contributed by atoms with Crippen LogP contribution in [0, 0.1) is 0 Å². The highest BCUT2D eigenvalue weighted by atomic mass is 32.2. The van der Waals surface area contributed by atoms with Gasteiger partial charge in [-0.1, -0.05) is 6.92 Å². The van der Waals surface area contributed by atoms with Crippen LogP contribution in [-0.2, 0) is 0 Å². The maximum absolute atomic E-state index is 13.4. The predicted octanol–water partition coefficient (Wildman–Crippen LogP) is 3.94. The van der Waals surface area contributed by atoms with Gasteiger partial charge in [-0.15, -0.1) is 0 Å².